The van der Waals surface area contributed by atoms with E-state index in [0.29, 0.717) is 33.3 Å². The quantitative estimate of drug-likeness (QED) is 0.678. The summed E-state index contributed by atoms with van der Waals surface area (Å²) in [6.45, 7) is 1.87. The molecular weight excluding hydrogens is 267 g/mol. The minimum absolute atomic E-state index is 0.333. The fraction of sp³-hybridized carbons (Fsp3) is 0.0714. The number of hydrogen-bond donors (Lipinski definition) is 1. The number of nitrogens with zero attached hydrogens (tertiary/aromatic N) is 1. The third-order valence-corrected chi connectivity index (χ3v) is 3.26. The summed E-state index contributed by atoms with van der Waals surface area (Å²) in [5.41, 5.74) is 8.75. The summed E-state index contributed by atoms with van der Waals surface area (Å²) in [6.07, 6.45) is 0. The Balaban J connectivity index is 2.23. The molecule has 5 heteroatoms. The van der Waals surface area contributed by atoms with Crippen molar-refractivity contribution in [1.82, 2.24) is 4.98 Å². The molecule has 0 aliphatic rings. The number of nitrogen functional groups attached to an aromatic ring is 1. The standard InChI is InChI=1S/C14H10ClFN2O/c1-7-2-3-8(16)4-9(7)14-18-12-5-10(15)11(17)6-13(12)19-14/h2-6H,17H2,1H3. The molecule has 0 saturated heterocycles. The molecule has 1 heterocycles. The van der Waals surface area contributed by atoms with Crippen molar-refractivity contribution in [3.8, 4) is 11.5 Å². The Bertz CT molecular complexity index is 743. The summed E-state index contributed by atoms with van der Waals surface area (Å²) >= 11 is 5.93. The number of aryl methyl sites for hydroxylation is 1. The van der Waals surface area contributed by atoms with Crippen LogP contribution in [0.15, 0.2) is 34.7 Å². The van der Waals surface area contributed by atoms with E-state index in [1.165, 1.54) is 12.1 Å². The summed E-state index contributed by atoms with van der Waals surface area (Å²) < 4.78 is 18.9. The Morgan fingerprint density at radius 2 is 2.05 bits per heavy atom. The van der Waals surface area contributed by atoms with Crippen molar-refractivity contribution in [2.75, 3.05) is 5.73 Å². The van der Waals surface area contributed by atoms with E-state index in [4.69, 9.17) is 21.8 Å². The van der Waals surface area contributed by atoms with Gasteiger partial charge in [0.2, 0.25) is 5.89 Å². The van der Waals surface area contributed by atoms with Crippen LogP contribution in [0.3, 0.4) is 0 Å². The average Bonchev–Trinajstić information content (AvgIpc) is 2.75. The van der Waals surface area contributed by atoms with Crippen molar-refractivity contribution >= 4 is 28.4 Å². The molecule has 0 spiro atoms. The van der Waals surface area contributed by atoms with Gasteiger partial charge in [0.1, 0.15) is 11.3 Å². The number of anilines is 1. The van der Waals surface area contributed by atoms with Crippen LogP contribution in [-0.4, -0.2) is 4.98 Å². The zero-order chi connectivity index (χ0) is 13.6. The Labute approximate surface area is 113 Å². The number of halogens is 2. The van der Waals surface area contributed by atoms with Gasteiger partial charge in [0.05, 0.1) is 10.7 Å². The van der Waals surface area contributed by atoms with Gasteiger partial charge >= 0.3 is 0 Å². The van der Waals surface area contributed by atoms with Crippen LogP contribution >= 0.6 is 11.6 Å². The molecule has 0 fully saturated rings. The second-order valence-electron chi connectivity index (χ2n) is 4.32. The van der Waals surface area contributed by atoms with Crippen LogP contribution in [0, 0.1) is 12.7 Å². The van der Waals surface area contributed by atoms with Gasteiger partial charge in [-0.3, -0.25) is 0 Å². The Morgan fingerprint density at radius 3 is 2.84 bits per heavy atom. The highest BCUT2D eigenvalue weighted by molar-refractivity contribution is 6.33. The zero-order valence-electron chi connectivity index (χ0n) is 10.1. The van der Waals surface area contributed by atoms with Crippen molar-refractivity contribution < 1.29 is 8.81 Å². The smallest absolute Gasteiger partial charge is 0.227 e. The molecule has 3 aromatic rings. The SMILES string of the molecule is Cc1ccc(F)cc1-c1nc2cc(Cl)c(N)cc2o1. The van der Waals surface area contributed by atoms with Gasteiger partial charge in [-0.1, -0.05) is 17.7 Å². The first-order valence-corrected chi connectivity index (χ1v) is 6.04. The summed E-state index contributed by atoms with van der Waals surface area (Å²) in [5.74, 6) is 0.0223. The van der Waals surface area contributed by atoms with E-state index in [9.17, 15) is 4.39 Å². The highest BCUT2D eigenvalue weighted by atomic mass is 35.5. The van der Waals surface area contributed by atoms with Crippen LogP contribution in [-0.2, 0) is 0 Å². The molecule has 3 nitrogen and oxygen atoms in total. The fourth-order valence-electron chi connectivity index (χ4n) is 1.90. The van der Waals surface area contributed by atoms with E-state index in [0.717, 1.165) is 5.56 Å². The number of benzene rings is 2. The molecule has 2 N–H and O–H groups in total. The number of hydrogen-bond acceptors (Lipinski definition) is 3. The van der Waals surface area contributed by atoms with Crippen molar-refractivity contribution in [1.29, 1.82) is 0 Å². The highest BCUT2D eigenvalue weighted by Gasteiger charge is 2.13. The van der Waals surface area contributed by atoms with Crippen LogP contribution in [0.25, 0.3) is 22.6 Å². The van der Waals surface area contributed by atoms with Gasteiger partial charge in [-0.15, -0.1) is 0 Å². The Hall–Kier alpha value is -2.07. The van der Waals surface area contributed by atoms with E-state index < -0.39 is 0 Å². The summed E-state index contributed by atoms with van der Waals surface area (Å²) in [4.78, 5) is 4.31. The number of nitrogens with two attached hydrogens (primary N) is 1. The molecule has 0 aliphatic carbocycles. The lowest BCUT2D eigenvalue weighted by Crippen LogP contribution is -1.85. The van der Waals surface area contributed by atoms with Gasteiger partial charge in [-0.05, 0) is 30.7 Å². The first-order valence-electron chi connectivity index (χ1n) is 5.66. The monoisotopic (exact) mass is 276 g/mol. The largest absolute Gasteiger partial charge is 0.436 e. The average molecular weight is 277 g/mol. The number of oxazole rings is 1. The summed E-state index contributed by atoms with van der Waals surface area (Å²) in [7, 11) is 0. The molecular formula is C14H10ClFN2O. The normalized spacial score (nSPS) is 11.1. The van der Waals surface area contributed by atoms with Crippen LogP contribution in [0.5, 0.6) is 0 Å². The van der Waals surface area contributed by atoms with E-state index in [1.807, 2.05) is 6.92 Å². The molecule has 1 aromatic heterocycles. The Kier molecular flexibility index (Phi) is 2.68. The molecule has 0 atom stereocenters. The molecule has 0 bridgehead atoms. The third kappa shape index (κ3) is 2.04. The number of fused-ring (bicyclic) bond motifs is 1. The van der Waals surface area contributed by atoms with E-state index in [-0.39, 0.29) is 5.82 Å². The fourth-order valence-corrected chi connectivity index (χ4v) is 2.06. The van der Waals surface area contributed by atoms with Gasteiger partial charge in [0, 0.05) is 11.6 Å². The molecule has 0 unspecified atom stereocenters. The highest BCUT2D eigenvalue weighted by Crippen LogP contribution is 2.31. The van der Waals surface area contributed by atoms with Crippen molar-refractivity contribution in [2.24, 2.45) is 0 Å². The lowest BCUT2D eigenvalue weighted by molar-refractivity contribution is 0.610. The summed E-state index contributed by atoms with van der Waals surface area (Å²) in [5, 5.41) is 0.420. The van der Waals surface area contributed by atoms with Gasteiger partial charge in [-0.25, -0.2) is 9.37 Å². The minimum atomic E-state index is -0.333. The van der Waals surface area contributed by atoms with Crippen molar-refractivity contribution in [3.63, 3.8) is 0 Å². The lowest BCUT2D eigenvalue weighted by atomic mass is 10.1. The molecule has 3 rings (SSSR count). The van der Waals surface area contributed by atoms with E-state index in [1.54, 1.807) is 18.2 Å². The topological polar surface area (TPSA) is 52.0 Å². The van der Waals surface area contributed by atoms with E-state index >= 15 is 0 Å². The Morgan fingerprint density at radius 1 is 1.26 bits per heavy atom. The van der Waals surface area contributed by atoms with E-state index in [2.05, 4.69) is 4.98 Å². The van der Waals surface area contributed by atoms with Crippen molar-refractivity contribution in [3.05, 3.63) is 46.7 Å². The third-order valence-electron chi connectivity index (χ3n) is 2.94. The molecule has 0 aliphatic heterocycles. The second-order valence-corrected chi connectivity index (χ2v) is 4.73. The molecule has 19 heavy (non-hydrogen) atoms. The second kappa shape index (κ2) is 4.24. The lowest BCUT2D eigenvalue weighted by Gasteiger charge is -2.00. The van der Waals surface area contributed by atoms with Crippen LogP contribution in [0.1, 0.15) is 5.56 Å². The molecule has 0 radical (unpaired) electrons. The van der Waals surface area contributed by atoms with Crippen LogP contribution in [0.4, 0.5) is 10.1 Å². The molecule has 96 valence electrons. The predicted molar refractivity (Wildman–Crippen MR) is 73.6 cm³/mol. The zero-order valence-corrected chi connectivity index (χ0v) is 10.8. The predicted octanol–water partition coefficient (Wildman–Crippen LogP) is 4.18. The first-order chi connectivity index (χ1) is 9.04. The molecule has 0 amide bonds. The van der Waals surface area contributed by atoms with Crippen LogP contribution < -0.4 is 5.73 Å². The van der Waals surface area contributed by atoms with Gasteiger partial charge in [0.15, 0.2) is 5.58 Å². The first kappa shape index (κ1) is 12.0. The molecule has 0 saturated carbocycles. The number of aromatic nitrogens is 1. The van der Waals surface area contributed by atoms with Gasteiger partial charge < -0.3 is 10.2 Å². The van der Waals surface area contributed by atoms with Crippen molar-refractivity contribution in [2.45, 2.75) is 6.92 Å². The minimum Gasteiger partial charge on any atom is -0.436 e. The number of rotatable bonds is 1. The summed E-state index contributed by atoms with van der Waals surface area (Å²) in [6, 6.07) is 7.72. The van der Waals surface area contributed by atoms with Crippen LogP contribution in [0.2, 0.25) is 5.02 Å². The maximum Gasteiger partial charge on any atom is 0.227 e. The van der Waals surface area contributed by atoms with Gasteiger partial charge in [-0.2, -0.15) is 0 Å². The van der Waals surface area contributed by atoms with Gasteiger partial charge in [0.25, 0.3) is 0 Å². The maximum atomic E-state index is 13.3. The molecule has 2 aromatic carbocycles. The maximum absolute atomic E-state index is 13.3.